The molecule has 1 atom stereocenters. The van der Waals surface area contributed by atoms with Gasteiger partial charge in [-0.25, -0.2) is 8.78 Å². The Hall–Kier alpha value is -1.87. The molecule has 0 fully saturated rings. The van der Waals surface area contributed by atoms with Gasteiger partial charge < -0.3 is 9.64 Å². The van der Waals surface area contributed by atoms with Gasteiger partial charge in [-0.3, -0.25) is 4.79 Å². The molecule has 6 heteroatoms. The number of amides is 1. The van der Waals surface area contributed by atoms with Crippen LogP contribution in [0.5, 0.6) is 5.75 Å². The van der Waals surface area contributed by atoms with Crippen molar-refractivity contribution < 1.29 is 18.3 Å². The van der Waals surface area contributed by atoms with Crippen molar-refractivity contribution in [2.75, 3.05) is 13.2 Å². The largest absolute Gasteiger partial charge is 0.481 e. The van der Waals surface area contributed by atoms with Gasteiger partial charge in [-0.15, -0.1) is 5.92 Å². The lowest BCUT2D eigenvalue weighted by Crippen LogP contribution is -2.41. The highest BCUT2D eigenvalue weighted by Gasteiger charge is 2.31. The molecule has 24 heavy (non-hydrogen) atoms. The summed E-state index contributed by atoms with van der Waals surface area (Å²) in [6.45, 7) is 3.27. The number of hydrogen-bond donors (Lipinski definition) is 0. The second kappa shape index (κ2) is 8.29. The summed E-state index contributed by atoms with van der Waals surface area (Å²) in [6, 6.07) is 5.36. The van der Waals surface area contributed by atoms with Crippen LogP contribution in [0.15, 0.2) is 24.3 Å². The quantitative estimate of drug-likeness (QED) is 0.555. The first kappa shape index (κ1) is 18.5. The summed E-state index contributed by atoms with van der Waals surface area (Å²) in [5.41, 5.74) is 2.12. The molecule has 0 bridgehead atoms. The third-order valence-electron chi connectivity index (χ3n) is 3.63. The first-order valence-corrected chi connectivity index (χ1v) is 8.42. The van der Waals surface area contributed by atoms with E-state index >= 15 is 0 Å². The lowest BCUT2D eigenvalue weighted by Gasteiger charge is -2.32. The van der Waals surface area contributed by atoms with Crippen molar-refractivity contribution in [3.05, 3.63) is 35.4 Å². The predicted molar refractivity (Wildman–Crippen MR) is 93.2 cm³/mol. The van der Waals surface area contributed by atoms with Crippen molar-refractivity contribution in [3.63, 3.8) is 0 Å². The van der Waals surface area contributed by atoms with E-state index < -0.39 is 17.8 Å². The lowest BCUT2D eigenvalue weighted by molar-refractivity contribution is -0.129. The molecule has 1 aromatic rings. The maximum atomic E-state index is 12.9. The van der Waals surface area contributed by atoms with Crippen molar-refractivity contribution in [1.29, 1.82) is 0 Å². The fraction of sp³-hybridized carbons (Fsp3) is 0.389. The molecular weight excluding hydrogens is 380 g/mol. The Morgan fingerprint density at radius 1 is 1.46 bits per heavy atom. The van der Waals surface area contributed by atoms with Crippen LogP contribution in [-0.4, -0.2) is 35.2 Å². The molecule has 0 radical (unpaired) electrons. The number of aryl methyl sites for hydroxylation is 1. The lowest BCUT2D eigenvalue weighted by atomic mass is 10.00. The second-order valence-corrected chi connectivity index (χ2v) is 6.43. The van der Waals surface area contributed by atoms with Crippen molar-refractivity contribution in [1.82, 2.24) is 4.90 Å². The highest BCUT2D eigenvalue weighted by molar-refractivity contribution is 9.10. The standard InChI is InChI=1S/C18H18BrF2NO2/c1-3-4-9-24-13-5-6-14(12(2)10-13)16-8-7-15(19)18(23)22(16)11-17(20)21/h5-6,8,10,15,17H,7,9,11H2,1-2H3. The second-order valence-electron chi connectivity index (χ2n) is 5.32. The number of hydrogen-bond acceptors (Lipinski definition) is 2. The van der Waals surface area contributed by atoms with Crippen LogP contribution in [0.4, 0.5) is 8.78 Å². The SMILES string of the molecule is CC#CCOc1ccc(C2=CCC(Br)C(=O)N2CC(F)F)c(C)c1. The molecule has 1 unspecified atom stereocenters. The molecule has 0 saturated carbocycles. The fourth-order valence-corrected chi connectivity index (χ4v) is 2.93. The van der Waals surface area contributed by atoms with Crippen LogP contribution in [0.3, 0.4) is 0 Å². The van der Waals surface area contributed by atoms with Gasteiger partial charge >= 0.3 is 0 Å². The van der Waals surface area contributed by atoms with Gasteiger partial charge in [-0.2, -0.15) is 0 Å². The maximum absolute atomic E-state index is 12.9. The van der Waals surface area contributed by atoms with Crippen molar-refractivity contribution >= 4 is 27.5 Å². The van der Waals surface area contributed by atoms with E-state index in [1.54, 1.807) is 19.1 Å². The Morgan fingerprint density at radius 3 is 2.83 bits per heavy atom. The number of ether oxygens (including phenoxy) is 1. The number of alkyl halides is 3. The Balaban J connectivity index is 2.30. The molecule has 0 spiro atoms. The molecule has 0 aliphatic carbocycles. The summed E-state index contributed by atoms with van der Waals surface area (Å²) >= 11 is 3.24. The molecule has 2 rings (SSSR count). The average molecular weight is 398 g/mol. The van der Waals surface area contributed by atoms with E-state index in [4.69, 9.17) is 4.74 Å². The van der Waals surface area contributed by atoms with E-state index in [0.29, 0.717) is 24.5 Å². The summed E-state index contributed by atoms with van der Waals surface area (Å²) < 4.78 is 31.3. The van der Waals surface area contributed by atoms with Gasteiger partial charge in [0, 0.05) is 11.3 Å². The summed E-state index contributed by atoms with van der Waals surface area (Å²) in [6.07, 6.45) is -0.308. The molecule has 1 aliphatic rings. The van der Waals surface area contributed by atoms with Gasteiger partial charge in [0.15, 0.2) is 0 Å². The fourth-order valence-electron chi connectivity index (χ4n) is 2.50. The van der Waals surface area contributed by atoms with E-state index in [0.717, 1.165) is 16.0 Å². The number of nitrogens with zero attached hydrogens (tertiary/aromatic N) is 1. The molecule has 1 aromatic carbocycles. The normalized spacial score (nSPS) is 17.4. The first-order valence-electron chi connectivity index (χ1n) is 7.51. The molecule has 1 heterocycles. The number of benzene rings is 1. The third-order valence-corrected chi connectivity index (χ3v) is 4.39. The van der Waals surface area contributed by atoms with Gasteiger partial charge in [0.1, 0.15) is 12.4 Å². The van der Waals surface area contributed by atoms with Gasteiger partial charge in [-0.1, -0.05) is 27.9 Å². The minimum absolute atomic E-state index is 0.291. The Labute approximate surface area is 148 Å². The summed E-state index contributed by atoms with van der Waals surface area (Å²) in [5.74, 6) is 5.86. The van der Waals surface area contributed by atoms with Crippen molar-refractivity contribution in [2.24, 2.45) is 0 Å². The zero-order chi connectivity index (χ0) is 17.7. The Bertz CT molecular complexity index is 707. The van der Waals surface area contributed by atoms with Crippen LogP contribution < -0.4 is 4.74 Å². The zero-order valence-corrected chi connectivity index (χ0v) is 15.1. The monoisotopic (exact) mass is 397 g/mol. The van der Waals surface area contributed by atoms with Crippen LogP contribution in [0, 0.1) is 18.8 Å². The van der Waals surface area contributed by atoms with E-state index in [-0.39, 0.29) is 5.91 Å². The van der Waals surface area contributed by atoms with Gasteiger partial charge in [0.25, 0.3) is 6.43 Å². The van der Waals surface area contributed by atoms with Crippen LogP contribution in [0.2, 0.25) is 0 Å². The number of carbonyl (C=O) groups excluding carboxylic acids is 1. The third kappa shape index (κ3) is 4.35. The molecule has 0 aromatic heterocycles. The average Bonchev–Trinajstić information content (AvgIpc) is 2.53. The van der Waals surface area contributed by atoms with Gasteiger partial charge in [-0.05, 0) is 44.0 Å². The van der Waals surface area contributed by atoms with E-state index in [9.17, 15) is 13.6 Å². The number of allylic oxidation sites excluding steroid dienone is 1. The Kier molecular flexibility index (Phi) is 6.38. The van der Waals surface area contributed by atoms with Gasteiger partial charge in [0.05, 0.1) is 11.4 Å². The van der Waals surface area contributed by atoms with Crippen LogP contribution >= 0.6 is 15.9 Å². The molecule has 3 nitrogen and oxygen atoms in total. The highest BCUT2D eigenvalue weighted by Crippen LogP contribution is 2.32. The maximum Gasteiger partial charge on any atom is 0.256 e. The molecular formula is C18H18BrF2NO2. The first-order chi connectivity index (χ1) is 11.4. The van der Waals surface area contributed by atoms with Crippen LogP contribution in [-0.2, 0) is 4.79 Å². The highest BCUT2D eigenvalue weighted by atomic mass is 79.9. The van der Waals surface area contributed by atoms with E-state index in [1.807, 2.05) is 19.1 Å². The van der Waals surface area contributed by atoms with E-state index in [1.165, 1.54) is 0 Å². The summed E-state index contributed by atoms with van der Waals surface area (Å²) in [5, 5.41) is 0. The number of carbonyl (C=O) groups is 1. The minimum atomic E-state index is -2.59. The molecule has 1 amide bonds. The smallest absolute Gasteiger partial charge is 0.256 e. The van der Waals surface area contributed by atoms with Crippen molar-refractivity contribution in [3.8, 4) is 17.6 Å². The Morgan fingerprint density at radius 2 is 2.21 bits per heavy atom. The number of halogens is 3. The zero-order valence-electron chi connectivity index (χ0n) is 13.5. The summed E-state index contributed by atoms with van der Waals surface area (Å²) in [4.78, 5) is 13.0. The molecule has 0 N–H and O–H groups in total. The molecule has 128 valence electrons. The van der Waals surface area contributed by atoms with Gasteiger partial charge in [0.2, 0.25) is 5.91 Å². The topological polar surface area (TPSA) is 29.5 Å². The van der Waals surface area contributed by atoms with E-state index in [2.05, 4.69) is 27.8 Å². The van der Waals surface area contributed by atoms with Crippen LogP contribution in [0.1, 0.15) is 24.5 Å². The molecule has 1 aliphatic heterocycles. The molecule has 0 saturated heterocycles. The van der Waals surface area contributed by atoms with Crippen molar-refractivity contribution in [2.45, 2.75) is 31.5 Å². The van der Waals surface area contributed by atoms with Crippen LogP contribution in [0.25, 0.3) is 5.70 Å². The number of rotatable bonds is 5. The minimum Gasteiger partial charge on any atom is -0.481 e. The summed E-state index contributed by atoms with van der Waals surface area (Å²) in [7, 11) is 0. The predicted octanol–water partition coefficient (Wildman–Crippen LogP) is 4.00.